The Balaban J connectivity index is 2.00. The van der Waals surface area contributed by atoms with Crippen LogP contribution in [0.2, 0.25) is 10.0 Å². The Morgan fingerprint density at radius 2 is 2.08 bits per heavy atom. The molecule has 2 aromatic carbocycles. The molecule has 0 aliphatic carbocycles. The molecule has 1 N–H and O–H groups in total. The lowest BCUT2D eigenvalue weighted by Crippen LogP contribution is -1.96. The van der Waals surface area contributed by atoms with Crippen molar-refractivity contribution in [2.24, 2.45) is 5.10 Å². The number of nitro benzene ring substituents is 1. The fraction of sp³-hybridized carbons (Fsp3) is 0. The SMILES string of the molecule is O=[N+]([O-])c1cc(C=Nn2c(-c3cccc(Cl)c3)n[nH]c2=S)ccc1Cl. The van der Waals surface area contributed by atoms with Crippen molar-refractivity contribution in [2.75, 3.05) is 0 Å². The summed E-state index contributed by atoms with van der Waals surface area (Å²) in [5, 5.41) is 22.6. The van der Waals surface area contributed by atoms with Crippen LogP contribution in [0.5, 0.6) is 0 Å². The topological polar surface area (TPSA) is 89.1 Å². The van der Waals surface area contributed by atoms with E-state index >= 15 is 0 Å². The molecule has 3 rings (SSSR count). The Morgan fingerprint density at radius 3 is 2.80 bits per heavy atom. The zero-order chi connectivity index (χ0) is 18.0. The van der Waals surface area contributed by atoms with E-state index in [0.717, 1.165) is 5.56 Å². The van der Waals surface area contributed by atoms with Gasteiger partial charge in [0.15, 0.2) is 5.82 Å². The molecule has 0 saturated carbocycles. The molecule has 0 bridgehead atoms. The number of nitrogens with one attached hydrogen (secondary N) is 1. The number of benzene rings is 2. The molecule has 0 saturated heterocycles. The number of hydrogen-bond acceptors (Lipinski definition) is 5. The van der Waals surface area contributed by atoms with Crippen molar-refractivity contribution in [2.45, 2.75) is 0 Å². The molecule has 0 unspecified atom stereocenters. The lowest BCUT2D eigenvalue weighted by molar-refractivity contribution is -0.384. The number of H-pyrrole nitrogens is 1. The molecule has 7 nitrogen and oxygen atoms in total. The number of aromatic amines is 1. The number of hydrogen-bond donors (Lipinski definition) is 1. The molecule has 25 heavy (non-hydrogen) atoms. The highest BCUT2D eigenvalue weighted by atomic mass is 35.5. The van der Waals surface area contributed by atoms with Gasteiger partial charge in [0.05, 0.1) is 11.1 Å². The van der Waals surface area contributed by atoms with E-state index in [1.165, 1.54) is 23.0 Å². The molecular weight excluding hydrogens is 385 g/mol. The van der Waals surface area contributed by atoms with Gasteiger partial charge in [0, 0.05) is 22.2 Å². The van der Waals surface area contributed by atoms with Gasteiger partial charge in [-0.3, -0.25) is 10.1 Å². The first kappa shape index (κ1) is 17.3. The maximum Gasteiger partial charge on any atom is 0.288 e. The van der Waals surface area contributed by atoms with Gasteiger partial charge in [-0.2, -0.15) is 14.9 Å². The Hall–Kier alpha value is -2.55. The number of halogens is 2. The van der Waals surface area contributed by atoms with E-state index in [1.54, 1.807) is 24.3 Å². The second-order valence-electron chi connectivity index (χ2n) is 4.89. The summed E-state index contributed by atoms with van der Waals surface area (Å²) in [5.74, 6) is 0.465. The average molecular weight is 394 g/mol. The minimum absolute atomic E-state index is 0.0571. The zero-order valence-corrected chi connectivity index (χ0v) is 14.7. The predicted molar refractivity (Wildman–Crippen MR) is 99.0 cm³/mol. The van der Waals surface area contributed by atoms with Crippen LogP contribution < -0.4 is 0 Å². The van der Waals surface area contributed by atoms with Crippen LogP contribution in [0.3, 0.4) is 0 Å². The third kappa shape index (κ3) is 3.76. The summed E-state index contributed by atoms with van der Waals surface area (Å²) in [6.45, 7) is 0. The molecule has 126 valence electrons. The Kier molecular flexibility index (Phi) is 4.93. The summed E-state index contributed by atoms with van der Waals surface area (Å²) in [6.07, 6.45) is 1.43. The van der Waals surface area contributed by atoms with E-state index in [4.69, 9.17) is 35.4 Å². The van der Waals surface area contributed by atoms with E-state index in [9.17, 15) is 10.1 Å². The third-order valence-corrected chi connectivity index (χ3v) is 4.04. The van der Waals surface area contributed by atoms with Crippen LogP contribution >= 0.6 is 35.4 Å². The summed E-state index contributed by atoms with van der Waals surface area (Å²) in [4.78, 5) is 10.4. The molecule has 0 radical (unpaired) electrons. The van der Waals surface area contributed by atoms with E-state index < -0.39 is 4.92 Å². The molecule has 0 amide bonds. The standard InChI is InChI=1S/C15H9Cl2N5O2S/c16-11-3-1-2-10(7-11)14-19-20-15(25)21(14)18-8-9-4-5-12(17)13(6-9)22(23)24/h1-8H,(H,20,25). The van der Waals surface area contributed by atoms with Gasteiger partial charge >= 0.3 is 0 Å². The lowest BCUT2D eigenvalue weighted by Gasteiger charge is -2.02. The largest absolute Gasteiger partial charge is 0.288 e. The van der Waals surface area contributed by atoms with Crippen LogP contribution in [0.1, 0.15) is 5.56 Å². The van der Waals surface area contributed by atoms with Gasteiger partial charge in [0.1, 0.15) is 5.02 Å². The van der Waals surface area contributed by atoms with Crippen molar-refractivity contribution < 1.29 is 4.92 Å². The molecule has 0 fully saturated rings. The number of nitro groups is 1. The maximum absolute atomic E-state index is 11.0. The molecule has 3 aromatic rings. The molecule has 0 aliphatic rings. The van der Waals surface area contributed by atoms with Gasteiger partial charge in [0.25, 0.3) is 5.69 Å². The minimum Gasteiger partial charge on any atom is -0.258 e. The van der Waals surface area contributed by atoms with Gasteiger partial charge in [-0.15, -0.1) is 0 Å². The lowest BCUT2D eigenvalue weighted by atomic mass is 10.2. The van der Waals surface area contributed by atoms with Crippen LogP contribution in [-0.4, -0.2) is 26.0 Å². The fourth-order valence-corrected chi connectivity index (χ4v) is 2.64. The van der Waals surface area contributed by atoms with Gasteiger partial charge in [-0.05, 0) is 30.4 Å². The minimum atomic E-state index is -0.555. The van der Waals surface area contributed by atoms with Crippen molar-refractivity contribution >= 4 is 47.3 Å². The Morgan fingerprint density at radius 1 is 1.28 bits per heavy atom. The average Bonchev–Trinajstić information content (AvgIpc) is 2.94. The quantitative estimate of drug-likeness (QED) is 0.301. The van der Waals surface area contributed by atoms with Gasteiger partial charge in [0.2, 0.25) is 4.77 Å². The monoisotopic (exact) mass is 393 g/mol. The maximum atomic E-state index is 11.0. The molecule has 0 spiro atoms. The highest BCUT2D eigenvalue weighted by Crippen LogP contribution is 2.25. The molecular formula is C15H9Cl2N5O2S. The van der Waals surface area contributed by atoms with Crippen LogP contribution in [0.4, 0.5) is 5.69 Å². The highest BCUT2D eigenvalue weighted by molar-refractivity contribution is 7.71. The first-order valence-electron chi connectivity index (χ1n) is 6.87. The first-order valence-corrected chi connectivity index (χ1v) is 8.04. The first-order chi connectivity index (χ1) is 12.0. The van der Waals surface area contributed by atoms with Crippen LogP contribution in [0.25, 0.3) is 11.4 Å². The van der Waals surface area contributed by atoms with Crippen molar-refractivity contribution in [3.8, 4) is 11.4 Å². The van der Waals surface area contributed by atoms with Gasteiger partial charge in [-0.1, -0.05) is 41.4 Å². The third-order valence-electron chi connectivity index (χ3n) is 3.22. The second-order valence-corrected chi connectivity index (χ2v) is 6.12. The zero-order valence-electron chi connectivity index (χ0n) is 12.4. The summed E-state index contributed by atoms with van der Waals surface area (Å²) in [7, 11) is 0. The van der Waals surface area contributed by atoms with E-state index in [0.29, 0.717) is 16.4 Å². The summed E-state index contributed by atoms with van der Waals surface area (Å²) >= 11 is 17.0. The normalized spacial score (nSPS) is 11.1. The molecule has 0 atom stereocenters. The Labute approximate surface area is 156 Å². The van der Waals surface area contributed by atoms with Crippen molar-refractivity contribution in [3.63, 3.8) is 0 Å². The van der Waals surface area contributed by atoms with Crippen LogP contribution in [0, 0.1) is 14.9 Å². The molecule has 10 heteroatoms. The van der Waals surface area contributed by atoms with Crippen LogP contribution in [0.15, 0.2) is 47.6 Å². The van der Waals surface area contributed by atoms with Crippen molar-refractivity contribution in [1.29, 1.82) is 0 Å². The smallest absolute Gasteiger partial charge is 0.258 e. The molecule has 1 heterocycles. The molecule has 1 aromatic heterocycles. The van der Waals surface area contributed by atoms with Crippen molar-refractivity contribution in [3.05, 3.63) is 73.0 Å². The Bertz CT molecular complexity index is 1040. The van der Waals surface area contributed by atoms with Crippen molar-refractivity contribution in [1.82, 2.24) is 14.9 Å². The number of aromatic nitrogens is 3. The van der Waals surface area contributed by atoms with Gasteiger partial charge < -0.3 is 0 Å². The summed E-state index contributed by atoms with van der Waals surface area (Å²) in [5.41, 5.74) is 1.02. The second kappa shape index (κ2) is 7.14. The number of nitrogens with zero attached hydrogens (tertiary/aromatic N) is 4. The highest BCUT2D eigenvalue weighted by Gasteiger charge is 2.12. The van der Waals surface area contributed by atoms with E-state index in [-0.39, 0.29) is 15.5 Å². The van der Waals surface area contributed by atoms with E-state index in [1.807, 2.05) is 6.07 Å². The molecule has 0 aliphatic heterocycles. The van der Waals surface area contributed by atoms with Crippen LogP contribution in [-0.2, 0) is 0 Å². The van der Waals surface area contributed by atoms with Gasteiger partial charge in [-0.25, -0.2) is 5.10 Å². The fourth-order valence-electron chi connectivity index (χ4n) is 2.09. The number of rotatable bonds is 4. The summed E-state index contributed by atoms with van der Waals surface area (Å²) < 4.78 is 1.68. The predicted octanol–water partition coefficient (Wildman–Crippen LogP) is 4.70. The summed E-state index contributed by atoms with van der Waals surface area (Å²) in [6, 6.07) is 11.4. The van der Waals surface area contributed by atoms with E-state index in [2.05, 4.69) is 15.3 Å².